The number of carbonyl (C=O) groups is 2. The summed E-state index contributed by atoms with van der Waals surface area (Å²) in [5.41, 5.74) is 0.859. The molecule has 1 aromatic rings. The van der Waals surface area contributed by atoms with Crippen LogP contribution in [0.1, 0.15) is 31.2 Å². The Morgan fingerprint density at radius 3 is 2.40 bits per heavy atom. The Balaban J connectivity index is 1.59. The van der Waals surface area contributed by atoms with Crippen molar-refractivity contribution in [1.82, 2.24) is 9.80 Å². The van der Waals surface area contributed by atoms with E-state index in [0.717, 1.165) is 18.4 Å². The quantitative estimate of drug-likeness (QED) is 0.566. The summed E-state index contributed by atoms with van der Waals surface area (Å²) in [6.07, 6.45) is 3.29. The van der Waals surface area contributed by atoms with E-state index in [9.17, 15) is 18.4 Å². The first kappa shape index (κ1) is 22.3. The molecule has 166 valence electrons. The van der Waals surface area contributed by atoms with E-state index in [2.05, 4.69) is 9.64 Å². The molecule has 1 saturated carbocycles. The number of ether oxygens (including phenoxy) is 3. The van der Waals surface area contributed by atoms with Crippen molar-refractivity contribution in [2.45, 2.75) is 44.9 Å². The normalized spacial score (nSPS) is 17.3. The Hall–Kier alpha value is -2.42. The Labute approximate surface area is 174 Å². The van der Waals surface area contributed by atoms with Gasteiger partial charge in [0.1, 0.15) is 0 Å². The van der Waals surface area contributed by atoms with Crippen LogP contribution in [0.3, 0.4) is 0 Å². The molecule has 30 heavy (non-hydrogen) atoms. The van der Waals surface area contributed by atoms with Crippen LogP contribution in [0, 0.1) is 5.92 Å². The van der Waals surface area contributed by atoms with Gasteiger partial charge < -0.3 is 19.1 Å². The molecule has 1 saturated heterocycles. The summed E-state index contributed by atoms with van der Waals surface area (Å²) in [4.78, 5) is 28.4. The van der Waals surface area contributed by atoms with Gasteiger partial charge in [0.25, 0.3) is 0 Å². The zero-order valence-electron chi connectivity index (χ0n) is 17.3. The second-order valence-electron chi connectivity index (χ2n) is 7.68. The van der Waals surface area contributed by atoms with Crippen molar-refractivity contribution in [3.63, 3.8) is 0 Å². The minimum absolute atomic E-state index is 0.0150. The maximum absolute atomic E-state index is 12.8. The van der Waals surface area contributed by atoms with Crippen LogP contribution in [0.2, 0.25) is 0 Å². The molecule has 1 aliphatic heterocycles. The third-order valence-corrected chi connectivity index (χ3v) is 5.61. The van der Waals surface area contributed by atoms with Crippen molar-refractivity contribution >= 4 is 11.9 Å². The van der Waals surface area contributed by atoms with Gasteiger partial charge in [0.05, 0.1) is 26.7 Å². The van der Waals surface area contributed by atoms with Gasteiger partial charge in [0.15, 0.2) is 11.5 Å². The summed E-state index contributed by atoms with van der Waals surface area (Å²) in [6, 6.07) is 5.18. The number of methoxy groups -OCH3 is 2. The monoisotopic (exact) mass is 426 g/mol. The molecular weight excluding hydrogens is 398 g/mol. The number of carbonyl (C=O) groups excluding carboxylic acids is 2. The number of amides is 1. The second-order valence-corrected chi connectivity index (χ2v) is 7.68. The zero-order valence-corrected chi connectivity index (χ0v) is 17.3. The third kappa shape index (κ3) is 5.81. The Kier molecular flexibility index (Phi) is 7.47. The maximum atomic E-state index is 12.8. The summed E-state index contributed by atoms with van der Waals surface area (Å²) in [7, 11) is 2.78. The summed E-state index contributed by atoms with van der Waals surface area (Å²) >= 11 is 0. The van der Waals surface area contributed by atoms with Crippen LogP contribution in [-0.4, -0.2) is 68.2 Å². The van der Waals surface area contributed by atoms with Gasteiger partial charge in [-0.15, -0.1) is 0 Å². The van der Waals surface area contributed by atoms with E-state index in [1.165, 1.54) is 20.3 Å². The standard InChI is InChI=1S/C21H28F2N2O5/c1-28-18-11-14(3-6-17(18)30-21(22)23)12-25(16-4-5-16)13-19(26)24-9-7-15(8-10-24)20(27)29-2/h3,6,11,15-16,21H,4-5,7-10,12-13H2,1-2H3. The molecule has 0 bridgehead atoms. The fraction of sp³-hybridized carbons (Fsp3) is 0.619. The molecule has 1 heterocycles. The molecule has 0 radical (unpaired) electrons. The van der Waals surface area contributed by atoms with Crippen molar-refractivity contribution in [3.05, 3.63) is 23.8 Å². The molecule has 0 unspecified atom stereocenters. The lowest BCUT2D eigenvalue weighted by atomic mass is 9.97. The first-order valence-corrected chi connectivity index (χ1v) is 10.1. The first-order valence-electron chi connectivity index (χ1n) is 10.1. The zero-order chi connectivity index (χ0) is 21.7. The van der Waals surface area contributed by atoms with Gasteiger partial charge in [0, 0.05) is 25.7 Å². The number of rotatable bonds is 9. The Morgan fingerprint density at radius 1 is 1.13 bits per heavy atom. The van der Waals surface area contributed by atoms with Gasteiger partial charge in [-0.25, -0.2) is 0 Å². The molecule has 0 aromatic heterocycles. The molecule has 2 aliphatic rings. The van der Waals surface area contributed by atoms with Crippen molar-refractivity contribution in [3.8, 4) is 11.5 Å². The van der Waals surface area contributed by atoms with E-state index in [1.807, 2.05) is 0 Å². The molecule has 1 aromatic carbocycles. The highest BCUT2D eigenvalue weighted by molar-refractivity contribution is 5.79. The molecule has 7 nitrogen and oxygen atoms in total. The van der Waals surface area contributed by atoms with Crippen LogP contribution >= 0.6 is 0 Å². The summed E-state index contributed by atoms with van der Waals surface area (Å²) in [6.45, 7) is -1.03. The number of piperidine rings is 1. The number of nitrogens with zero attached hydrogens (tertiary/aromatic N) is 2. The van der Waals surface area contributed by atoms with E-state index in [1.54, 1.807) is 17.0 Å². The van der Waals surface area contributed by atoms with Gasteiger partial charge in [-0.05, 0) is 43.4 Å². The molecule has 1 aliphatic carbocycles. The fourth-order valence-electron chi connectivity index (χ4n) is 3.80. The summed E-state index contributed by atoms with van der Waals surface area (Å²) in [5.74, 6) is -0.0942. The molecule has 0 N–H and O–H groups in total. The van der Waals surface area contributed by atoms with Gasteiger partial charge >= 0.3 is 12.6 Å². The molecule has 1 amide bonds. The van der Waals surface area contributed by atoms with Gasteiger partial charge in [-0.1, -0.05) is 6.07 Å². The molecule has 9 heteroatoms. The van der Waals surface area contributed by atoms with Crippen LogP contribution in [0.15, 0.2) is 18.2 Å². The largest absolute Gasteiger partial charge is 0.493 e. The number of esters is 1. The molecule has 3 rings (SSSR count). The number of hydrogen-bond donors (Lipinski definition) is 0. The topological polar surface area (TPSA) is 68.3 Å². The number of likely N-dealkylation sites (tertiary alicyclic amines) is 1. The van der Waals surface area contributed by atoms with Crippen LogP contribution in [0.4, 0.5) is 8.78 Å². The Morgan fingerprint density at radius 2 is 1.83 bits per heavy atom. The van der Waals surface area contributed by atoms with Crippen molar-refractivity contribution in [2.75, 3.05) is 33.9 Å². The summed E-state index contributed by atoms with van der Waals surface area (Å²) < 4.78 is 39.5. The lowest BCUT2D eigenvalue weighted by molar-refractivity contribution is -0.149. The molecule has 0 spiro atoms. The lowest BCUT2D eigenvalue weighted by Gasteiger charge is -2.32. The summed E-state index contributed by atoms with van der Waals surface area (Å²) in [5, 5.41) is 0. The van der Waals surface area contributed by atoms with Crippen molar-refractivity contribution < 1.29 is 32.6 Å². The average molecular weight is 426 g/mol. The van der Waals surface area contributed by atoms with E-state index >= 15 is 0 Å². The van der Waals surface area contributed by atoms with Gasteiger partial charge in [0.2, 0.25) is 5.91 Å². The fourth-order valence-corrected chi connectivity index (χ4v) is 3.80. The molecule has 0 atom stereocenters. The number of halogens is 2. The predicted octanol–water partition coefficient (Wildman–Crippen LogP) is 2.67. The average Bonchev–Trinajstić information content (AvgIpc) is 3.58. The number of alkyl halides is 2. The Bertz CT molecular complexity index is 749. The van der Waals surface area contributed by atoms with Crippen molar-refractivity contribution in [2.24, 2.45) is 5.92 Å². The second kappa shape index (κ2) is 10.1. The number of hydrogen-bond acceptors (Lipinski definition) is 6. The van der Waals surface area contributed by atoms with Crippen LogP contribution < -0.4 is 9.47 Å². The maximum Gasteiger partial charge on any atom is 0.387 e. The predicted molar refractivity (Wildman–Crippen MR) is 104 cm³/mol. The van der Waals surface area contributed by atoms with Gasteiger partial charge in [-0.3, -0.25) is 14.5 Å². The van der Waals surface area contributed by atoms with Gasteiger partial charge in [-0.2, -0.15) is 8.78 Å². The van der Waals surface area contributed by atoms with Crippen molar-refractivity contribution in [1.29, 1.82) is 0 Å². The lowest BCUT2D eigenvalue weighted by Crippen LogP contribution is -2.45. The highest BCUT2D eigenvalue weighted by atomic mass is 19.3. The van der Waals surface area contributed by atoms with Crippen LogP contribution in [0.5, 0.6) is 11.5 Å². The van der Waals surface area contributed by atoms with Crippen LogP contribution in [0.25, 0.3) is 0 Å². The highest BCUT2D eigenvalue weighted by Gasteiger charge is 2.33. The van der Waals surface area contributed by atoms with E-state index < -0.39 is 6.61 Å². The van der Waals surface area contributed by atoms with E-state index in [4.69, 9.17) is 9.47 Å². The SMILES string of the molecule is COC(=O)C1CCN(C(=O)CN(Cc2ccc(OC(F)F)c(OC)c2)C2CC2)CC1. The smallest absolute Gasteiger partial charge is 0.387 e. The van der Waals surface area contributed by atoms with Crippen LogP contribution in [-0.2, 0) is 20.9 Å². The van der Waals surface area contributed by atoms with E-state index in [0.29, 0.717) is 38.5 Å². The van der Waals surface area contributed by atoms with E-state index in [-0.39, 0.29) is 35.8 Å². The number of benzene rings is 1. The molecular formula is C21H28F2N2O5. The third-order valence-electron chi connectivity index (χ3n) is 5.61. The molecule has 2 fully saturated rings. The minimum atomic E-state index is -2.92. The first-order chi connectivity index (χ1) is 14.4. The highest BCUT2D eigenvalue weighted by Crippen LogP contribution is 2.32. The minimum Gasteiger partial charge on any atom is -0.493 e.